The molecule has 0 aromatic carbocycles. The lowest BCUT2D eigenvalue weighted by molar-refractivity contribution is -0.133. The molecule has 0 unspecified atom stereocenters. The molecule has 3 heterocycles. The third-order valence-electron chi connectivity index (χ3n) is 4.08. The van der Waals surface area contributed by atoms with E-state index in [1.54, 1.807) is 18.3 Å². The summed E-state index contributed by atoms with van der Waals surface area (Å²) in [6.45, 7) is 5.01. The van der Waals surface area contributed by atoms with Crippen molar-refractivity contribution in [2.75, 3.05) is 13.1 Å². The van der Waals surface area contributed by atoms with E-state index in [9.17, 15) is 4.79 Å². The molecule has 7 nitrogen and oxygen atoms in total. The van der Waals surface area contributed by atoms with Crippen LogP contribution in [-0.2, 0) is 11.2 Å². The molecule has 0 radical (unpaired) electrons. The van der Waals surface area contributed by atoms with E-state index in [1.165, 1.54) is 0 Å². The topological polar surface area (TPSA) is 81.4 Å². The number of hydrogen-bond donors (Lipinski definition) is 0. The van der Waals surface area contributed by atoms with Crippen LogP contribution in [-0.4, -0.2) is 45.4 Å². The largest absolute Gasteiger partial charge is 0.471 e. The van der Waals surface area contributed by atoms with Gasteiger partial charge in [0.15, 0.2) is 0 Å². The molecule has 0 N–H and O–H groups in total. The fourth-order valence-corrected chi connectivity index (χ4v) is 2.80. The second-order valence-electron chi connectivity index (χ2n) is 5.76. The highest BCUT2D eigenvalue weighted by molar-refractivity contribution is 5.79. The summed E-state index contributed by atoms with van der Waals surface area (Å²) in [5.74, 6) is 1.28. The number of nitrogens with zero attached hydrogens (tertiary/aromatic N) is 4. The van der Waals surface area contributed by atoms with E-state index in [-0.39, 0.29) is 12.0 Å². The Morgan fingerprint density at radius 1 is 1.48 bits per heavy atom. The smallest absolute Gasteiger partial charge is 0.233 e. The van der Waals surface area contributed by atoms with Crippen molar-refractivity contribution in [1.82, 2.24) is 20.3 Å². The van der Waals surface area contributed by atoms with Gasteiger partial charge in [-0.15, -0.1) is 5.10 Å². The molecule has 2 aromatic heterocycles. The Hall–Kier alpha value is -2.44. The number of ether oxygens (including phenoxy) is 1. The summed E-state index contributed by atoms with van der Waals surface area (Å²) in [5.41, 5.74) is 1.66. The standard InChI is InChI=1S/C16H20N4O3/c1-11-14(12(2)23-19-11)9-16(21)20-8-4-5-13(10-20)22-15-6-3-7-17-18-15/h3,6-7,13H,4-5,8-10H2,1-2H3/t13-/m1/s1. The summed E-state index contributed by atoms with van der Waals surface area (Å²) in [4.78, 5) is 14.4. The molecular formula is C16H20N4O3. The lowest BCUT2D eigenvalue weighted by Crippen LogP contribution is -2.45. The summed E-state index contributed by atoms with van der Waals surface area (Å²) >= 11 is 0. The number of piperidine rings is 1. The van der Waals surface area contributed by atoms with Crippen molar-refractivity contribution >= 4 is 5.91 Å². The van der Waals surface area contributed by atoms with Gasteiger partial charge in [0.1, 0.15) is 11.9 Å². The van der Waals surface area contributed by atoms with Crippen LogP contribution in [0.1, 0.15) is 29.9 Å². The third-order valence-corrected chi connectivity index (χ3v) is 4.08. The number of rotatable bonds is 4. The highest BCUT2D eigenvalue weighted by atomic mass is 16.5. The van der Waals surface area contributed by atoms with Gasteiger partial charge in [0.2, 0.25) is 11.8 Å². The molecule has 0 bridgehead atoms. The van der Waals surface area contributed by atoms with E-state index >= 15 is 0 Å². The molecule has 1 atom stereocenters. The van der Waals surface area contributed by atoms with Crippen molar-refractivity contribution in [3.8, 4) is 5.88 Å². The maximum Gasteiger partial charge on any atom is 0.233 e. The van der Waals surface area contributed by atoms with Crippen LogP contribution in [0.4, 0.5) is 0 Å². The molecule has 7 heteroatoms. The Kier molecular flexibility index (Phi) is 4.55. The van der Waals surface area contributed by atoms with Gasteiger partial charge in [-0.3, -0.25) is 4.79 Å². The van der Waals surface area contributed by atoms with Gasteiger partial charge in [-0.05, 0) is 32.8 Å². The van der Waals surface area contributed by atoms with Crippen LogP contribution in [0.5, 0.6) is 5.88 Å². The quantitative estimate of drug-likeness (QED) is 0.854. The minimum absolute atomic E-state index is 0.0472. The third kappa shape index (κ3) is 3.67. The normalized spacial score (nSPS) is 18.0. The molecule has 122 valence electrons. The molecule has 1 fully saturated rings. The van der Waals surface area contributed by atoms with Gasteiger partial charge >= 0.3 is 0 Å². The van der Waals surface area contributed by atoms with E-state index in [4.69, 9.17) is 9.26 Å². The monoisotopic (exact) mass is 316 g/mol. The molecule has 1 aliphatic heterocycles. The first-order chi connectivity index (χ1) is 11.1. The highest BCUT2D eigenvalue weighted by Gasteiger charge is 2.26. The summed E-state index contributed by atoms with van der Waals surface area (Å²) < 4.78 is 10.9. The van der Waals surface area contributed by atoms with Crippen LogP contribution in [0.25, 0.3) is 0 Å². The fourth-order valence-electron chi connectivity index (χ4n) is 2.80. The van der Waals surface area contributed by atoms with Crippen LogP contribution in [0.2, 0.25) is 0 Å². The Morgan fingerprint density at radius 2 is 2.35 bits per heavy atom. The van der Waals surface area contributed by atoms with Crippen LogP contribution in [0, 0.1) is 13.8 Å². The van der Waals surface area contributed by atoms with Gasteiger partial charge < -0.3 is 14.2 Å². The van der Waals surface area contributed by atoms with Gasteiger partial charge in [-0.25, -0.2) is 0 Å². The fraction of sp³-hybridized carbons (Fsp3) is 0.500. The van der Waals surface area contributed by atoms with Crippen molar-refractivity contribution in [2.24, 2.45) is 0 Å². The highest BCUT2D eigenvalue weighted by Crippen LogP contribution is 2.19. The van der Waals surface area contributed by atoms with Gasteiger partial charge in [0.05, 0.1) is 18.7 Å². The average molecular weight is 316 g/mol. The molecule has 0 spiro atoms. The van der Waals surface area contributed by atoms with Crippen LogP contribution < -0.4 is 4.74 Å². The lowest BCUT2D eigenvalue weighted by atomic mass is 10.1. The molecule has 2 aromatic rings. The summed E-state index contributed by atoms with van der Waals surface area (Å²) in [5, 5.41) is 11.6. The van der Waals surface area contributed by atoms with Crippen molar-refractivity contribution in [3.63, 3.8) is 0 Å². The molecule has 0 aliphatic carbocycles. The predicted molar refractivity (Wildman–Crippen MR) is 81.9 cm³/mol. The zero-order chi connectivity index (χ0) is 16.2. The number of aryl methyl sites for hydroxylation is 2. The number of carbonyl (C=O) groups excluding carboxylic acids is 1. The number of amides is 1. The first-order valence-electron chi connectivity index (χ1n) is 7.77. The van der Waals surface area contributed by atoms with Gasteiger partial charge in [0, 0.05) is 24.4 Å². The van der Waals surface area contributed by atoms with Crippen molar-refractivity contribution < 1.29 is 14.1 Å². The molecule has 3 rings (SSSR count). The predicted octanol–water partition coefficient (Wildman–Crippen LogP) is 1.69. The zero-order valence-electron chi connectivity index (χ0n) is 13.4. The number of hydrogen-bond acceptors (Lipinski definition) is 6. The van der Waals surface area contributed by atoms with Crippen LogP contribution in [0.15, 0.2) is 22.9 Å². The first-order valence-corrected chi connectivity index (χ1v) is 7.77. The number of carbonyl (C=O) groups is 1. The lowest BCUT2D eigenvalue weighted by Gasteiger charge is -2.32. The molecule has 23 heavy (non-hydrogen) atoms. The second-order valence-corrected chi connectivity index (χ2v) is 5.76. The summed E-state index contributed by atoms with van der Waals surface area (Å²) in [6, 6.07) is 3.56. The van der Waals surface area contributed by atoms with Gasteiger partial charge in [0.25, 0.3) is 0 Å². The number of aromatic nitrogens is 3. The molecule has 0 saturated carbocycles. The van der Waals surface area contributed by atoms with Crippen molar-refractivity contribution in [3.05, 3.63) is 35.3 Å². The minimum Gasteiger partial charge on any atom is -0.471 e. The Balaban J connectivity index is 1.61. The average Bonchev–Trinajstić information content (AvgIpc) is 2.88. The van der Waals surface area contributed by atoms with E-state index in [0.717, 1.165) is 30.6 Å². The summed E-state index contributed by atoms with van der Waals surface area (Å²) in [6.07, 6.45) is 3.70. The maximum absolute atomic E-state index is 12.5. The van der Waals surface area contributed by atoms with E-state index < -0.39 is 0 Å². The van der Waals surface area contributed by atoms with Gasteiger partial charge in [-0.2, -0.15) is 5.10 Å². The Bertz CT molecular complexity index is 652. The first kappa shape index (κ1) is 15.5. The SMILES string of the molecule is Cc1noc(C)c1CC(=O)N1CCC[C@@H](Oc2cccnn2)C1. The number of likely N-dealkylation sites (tertiary alicyclic amines) is 1. The zero-order valence-corrected chi connectivity index (χ0v) is 13.4. The van der Waals surface area contributed by atoms with Crippen molar-refractivity contribution in [2.45, 2.75) is 39.2 Å². The molecule has 1 amide bonds. The molecule has 1 aliphatic rings. The minimum atomic E-state index is -0.0472. The van der Waals surface area contributed by atoms with Crippen LogP contribution >= 0.6 is 0 Å². The Morgan fingerprint density at radius 3 is 3.04 bits per heavy atom. The maximum atomic E-state index is 12.5. The van der Waals surface area contributed by atoms with E-state index in [0.29, 0.717) is 24.6 Å². The second kappa shape index (κ2) is 6.76. The van der Waals surface area contributed by atoms with Gasteiger partial charge in [-0.1, -0.05) is 5.16 Å². The molecular weight excluding hydrogens is 296 g/mol. The molecule has 1 saturated heterocycles. The van der Waals surface area contributed by atoms with E-state index in [2.05, 4.69) is 15.4 Å². The van der Waals surface area contributed by atoms with Crippen molar-refractivity contribution in [1.29, 1.82) is 0 Å². The Labute approximate surface area is 134 Å². The summed E-state index contributed by atoms with van der Waals surface area (Å²) in [7, 11) is 0. The van der Waals surface area contributed by atoms with E-state index in [1.807, 2.05) is 18.7 Å². The van der Waals surface area contributed by atoms with Crippen LogP contribution in [0.3, 0.4) is 0 Å².